The van der Waals surface area contributed by atoms with Crippen molar-refractivity contribution in [1.82, 2.24) is 9.80 Å². The molecule has 1 N–H and O–H groups in total. The van der Waals surface area contributed by atoms with Crippen LogP contribution in [-0.4, -0.2) is 59.4 Å². The molecule has 0 spiro atoms. The van der Waals surface area contributed by atoms with Crippen molar-refractivity contribution >= 4 is 33.7 Å². The second-order valence-electron chi connectivity index (χ2n) is 6.11. The first-order valence-corrected chi connectivity index (χ1v) is 8.61. The predicted molar refractivity (Wildman–Crippen MR) is 92.8 cm³/mol. The van der Waals surface area contributed by atoms with Crippen LogP contribution >= 0.6 is 15.9 Å². The van der Waals surface area contributed by atoms with E-state index < -0.39 is 5.97 Å². The summed E-state index contributed by atoms with van der Waals surface area (Å²) in [5.74, 6) is -1.53. The van der Waals surface area contributed by atoms with E-state index in [1.54, 1.807) is 24.1 Å². The molecule has 1 heterocycles. The summed E-state index contributed by atoms with van der Waals surface area (Å²) in [7, 11) is 1.60. The maximum atomic E-state index is 12.5. The zero-order valence-corrected chi connectivity index (χ0v) is 15.4. The van der Waals surface area contributed by atoms with Gasteiger partial charge in [-0.05, 0) is 43.5 Å². The van der Waals surface area contributed by atoms with Crippen LogP contribution in [0.1, 0.15) is 28.8 Å². The molecule has 2 rings (SSSR count). The minimum absolute atomic E-state index is 0.00786. The van der Waals surface area contributed by atoms with Crippen molar-refractivity contribution in [2.75, 3.05) is 26.7 Å². The lowest BCUT2D eigenvalue weighted by atomic mass is 9.97. The lowest BCUT2D eigenvalue weighted by molar-refractivity contribution is -0.145. The van der Waals surface area contributed by atoms with Crippen molar-refractivity contribution in [2.24, 2.45) is 5.92 Å². The van der Waals surface area contributed by atoms with Crippen molar-refractivity contribution in [3.05, 3.63) is 33.8 Å². The largest absolute Gasteiger partial charge is 0.481 e. The highest BCUT2D eigenvalue weighted by Gasteiger charge is 2.28. The van der Waals surface area contributed by atoms with Crippen molar-refractivity contribution in [3.8, 4) is 0 Å². The minimum Gasteiger partial charge on any atom is -0.481 e. The Kier molecular flexibility index (Phi) is 5.99. The number of rotatable bonds is 4. The number of carbonyl (C=O) groups is 3. The van der Waals surface area contributed by atoms with E-state index in [2.05, 4.69) is 15.9 Å². The molecule has 1 saturated heterocycles. The Labute approximate surface area is 149 Å². The highest BCUT2D eigenvalue weighted by molar-refractivity contribution is 9.10. The van der Waals surface area contributed by atoms with Crippen LogP contribution in [0.2, 0.25) is 0 Å². The monoisotopic (exact) mass is 396 g/mol. The van der Waals surface area contributed by atoms with E-state index in [1.165, 1.54) is 4.90 Å². The first kappa shape index (κ1) is 18.4. The third-order valence-corrected chi connectivity index (χ3v) is 4.83. The number of piperidine rings is 1. The summed E-state index contributed by atoms with van der Waals surface area (Å²) in [4.78, 5) is 38.8. The number of hydrogen-bond acceptors (Lipinski definition) is 3. The van der Waals surface area contributed by atoms with Crippen LogP contribution in [0.4, 0.5) is 0 Å². The zero-order chi connectivity index (χ0) is 17.9. The summed E-state index contributed by atoms with van der Waals surface area (Å²) in [6, 6.07) is 5.40. The van der Waals surface area contributed by atoms with Crippen molar-refractivity contribution < 1.29 is 19.5 Å². The molecule has 1 aromatic carbocycles. The van der Waals surface area contributed by atoms with Crippen LogP contribution in [0, 0.1) is 12.8 Å². The third kappa shape index (κ3) is 4.35. The number of aliphatic carboxylic acids is 1. The molecule has 1 aromatic rings. The molecular formula is C17H21BrN2O4. The third-order valence-electron chi connectivity index (χ3n) is 4.33. The van der Waals surface area contributed by atoms with E-state index in [4.69, 9.17) is 5.11 Å². The van der Waals surface area contributed by atoms with Gasteiger partial charge in [0.25, 0.3) is 5.91 Å². The number of hydrogen-bond donors (Lipinski definition) is 1. The molecular weight excluding hydrogens is 376 g/mol. The van der Waals surface area contributed by atoms with Gasteiger partial charge in [-0.25, -0.2) is 0 Å². The van der Waals surface area contributed by atoms with Gasteiger partial charge in [-0.3, -0.25) is 14.4 Å². The molecule has 2 amide bonds. The van der Waals surface area contributed by atoms with Gasteiger partial charge in [0, 0.05) is 30.2 Å². The fourth-order valence-corrected chi connectivity index (χ4v) is 3.30. The number of likely N-dealkylation sites (N-methyl/N-ethyl adjacent to an activating group) is 1. The molecule has 0 aliphatic carbocycles. The van der Waals surface area contributed by atoms with Gasteiger partial charge in [0.15, 0.2) is 0 Å². The van der Waals surface area contributed by atoms with Gasteiger partial charge < -0.3 is 14.9 Å². The minimum atomic E-state index is -0.805. The molecule has 130 valence electrons. The summed E-state index contributed by atoms with van der Waals surface area (Å²) in [6.45, 7) is 2.70. The number of nitrogens with zero attached hydrogens (tertiary/aromatic N) is 2. The van der Waals surface area contributed by atoms with E-state index in [0.29, 0.717) is 31.5 Å². The van der Waals surface area contributed by atoms with Gasteiger partial charge in [0.2, 0.25) is 5.91 Å². The number of carbonyl (C=O) groups excluding carboxylic acids is 2. The van der Waals surface area contributed by atoms with Crippen molar-refractivity contribution in [1.29, 1.82) is 0 Å². The van der Waals surface area contributed by atoms with Crippen LogP contribution in [0.15, 0.2) is 22.7 Å². The Morgan fingerprint density at radius 2 is 1.92 bits per heavy atom. The summed E-state index contributed by atoms with van der Waals surface area (Å²) < 4.78 is 0.900. The lowest BCUT2D eigenvalue weighted by Gasteiger charge is -2.31. The molecule has 7 heteroatoms. The topological polar surface area (TPSA) is 77.9 Å². The molecule has 0 aromatic heterocycles. The number of likely N-dealkylation sites (tertiary alicyclic amines) is 1. The van der Waals surface area contributed by atoms with Gasteiger partial charge in [0.1, 0.15) is 0 Å². The highest BCUT2D eigenvalue weighted by atomic mass is 79.9. The molecule has 0 radical (unpaired) electrons. The molecule has 0 unspecified atom stereocenters. The fraction of sp³-hybridized carbons (Fsp3) is 0.471. The standard InChI is InChI=1S/C17H21BrN2O4/c1-11-9-13(18)3-4-14(11)16(22)19(2)10-15(21)20-7-5-12(6-8-20)17(23)24/h3-4,9,12H,5-8,10H2,1-2H3,(H,23,24). The first-order valence-electron chi connectivity index (χ1n) is 7.81. The maximum absolute atomic E-state index is 12.5. The van der Waals surface area contributed by atoms with Gasteiger partial charge in [-0.1, -0.05) is 15.9 Å². The summed E-state index contributed by atoms with van der Waals surface area (Å²) >= 11 is 3.36. The second-order valence-corrected chi connectivity index (χ2v) is 7.03. The van der Waals surface area contributed by atoms with Crippen LogP contribution in [0.5, 0.6) is 0 Å². The number of carboxylic acids is 1. The number of halogens is 1. The van der Waals surface area contributed by atoms with Crippen LogP contribution in [0.25, 0.3) is 0 Å². The van der Waals surface area contributed by atoms with Gasteiger partial charge >= 0.3 is 5.97 Å². The van der Waals surface area contributed by atoms with E-state index in [-0.39, 0.29) is 24.3 Å². The lowest BCUT2D eigenvalue weighted by Crippen LogP contribution is -2.45. The smallest absolute Gasteiger partial charge is 0.306 e. The van der Waals surface area contributed by atoms with Crippen LogP contribution in [0.3, 0.4) is 0 Å². The van der Waals surface area contributed by atoms with Crippen molar-refractivity contribution in [2.45, 2.75) is 19.8 Å². The Morgan fingerprint density at radius 1 is 1.29 bits per heavy atom. The van der Waals surface area contributed by atoms with E-state index in [0.717, 1.165) is 10.0 Å². The Balaban J connectivity index is 1.94. The molecule has 6 nitrogen and oxygen atoms in total. The SMILES string of the molecule is Cc1cc(Br)ccc1C(=O)N(C)CC(=O)N1CCC(C(=O)O)CC1. The van der Waals surface area contributed by atoms with Crippen molar-refractivity contribution in [3.63, 3.8) is 0 Å². The highest BCUT2D eigenvalue weighted by Crippen LogP contribution is 2.19. The number of aryl methyl sites for hydroxylation is 1. The number of amides is 2. The molecule has 1 fully saturated rings. The molecule has 0 saturated carbocycles. The van der Waals surface area contributed by atoms with E-state index in [9.17, 15) is 14.4 Å². The maximum Gasteiger partial charge on any atom is 0.306 e. The normalized spacial score (nSPS) is 15.2. The Bertz CT molecular complexity index is 654. The van der Waals surface area contributed by atoms with E-state index in [1.807, 2.05) is 13.0 Å². The van der Waals surface area contributed by atoms with Crippen LogP contribution < -0.4 is 0 Å². The van der Waals surface area contributed by atoms with Crippen LogP contribution in [-0.2, 0) is 9.59 Å². The number of benzene rings is 1. The Hall–Kier alpha value is -1.89. The molecule has 0 atom stereocenters. The summed E-state index contributed by atoms with van der Waals surface area (Å²) in [5.41, 5.74) is 1.41. The number of carboxylic acid groups (broad SMARTS) is 1. The fourth-order valence-electron chi connectivity index (χ4n) is 2.82. The van der Waals surface area contributed by atoms with E-state index >= 15 is 0 Å². The molecule has 1 aliphatic heterocycles. The van der Waals surface area contributed by atoms with Gasteiger partial charge in [-0.2, -0.15) is 0 Å². The summed E-state index contributed by atoms with van der Waals surface area (Å²) in [5, 5.41) is 8.99. The summed E-state index contributed by atoms with van der Waals surface area (Å²) in [6.07, 6.45) is 0.926. The van der Waals surface area contributed by atoms with Gasteiger partial charge in [-0.15, -0.1) is 0 Å². The zero-order valence-electron chi connectivity index (χ0n) is 13.8. The van der Waals surface area contributed by atoms with Gasteiger partial charge in [0.05, 0.1) is 12.5 Å². The molecule has 1 aliphatic rings. The molecule has 0 bridgehead atoms. The average molecular weight is 397 g/mol. The first-order chi connectivity index (χ1) is 11.3. The predicted octanol–water partition coefficient (Wildman–Crippen LogP) is 2.15. The second kappa shape index (κ2) is 7.79. The molecule has 24 heavy (non-hydrogen) atoms. The average Bonchev–Trinajstić information content (AvgIpc) is 2.54. The quantitative estimate of drug-likeness (QED) is 0.845. The Morgan fingerprint density at radius 3 is 2.46 bits per heavy atom.